The molecule has 0 unspecified atom stereocenters. The predicted molar refractivity (Wildman–Crippen MR) is 97.2 cm³/mol. The third-order valence-corrected chi connectivity index (χ3v) is 3.84. The van der Waals surface area contributed by atoms with Crippen LogP contribution in [0.25, 0.3) is 0 Å². The fraction of sp³-hybridized carbons (Fsp3) is 0.312. The summed E-state index contributed by atoms with van der Waals surface area (Å²) >= 11 is 12.1. The van der Waals surface area contributed by atoms with Crippen LogP contribution in [0.2, 0.25) is 10.0 Å². The molecule has 0 radical (unpaired) electrons. The molecule has 134 valence electrons. The molecule has 7 nitrogen and oxygen atoms in total. The van der Waals surface area contributed by atoms with Crippen LogP contribution in [0.5, 0.6) is 0 Å². The minimum atomic E-state index is -0.469. The number of aromatic nitrogens is 1. The molecule has 3 amide bonds. The van der Waals surface area contributed by atoms with E-state index in [1.165, 1.54) is 4.90 Å². The number of amides is 3. The molecule has 9 heteroatoms. The zero-order valence-corrected chi connectivity index (χ0v) is 15.3. The minimum Gasteiger partial charge on any atom is -0.360 e. The number of anilines is 2. The van der Waals surface area contributed by atoms with Crippen LogP contribution in [-0.4, -0.2) is 35.1 Å². The number of halogens is 2. The second-order valence-corrected chi connectivity index (χ2v) is 6.13. The molecule has 0 aliphatic heterocycles. The Hall–Kier alpha value is -2.25. The van der Waals surface area contributed by atoms with Crippen LogP contribution in [0.15, 0.2) is 28.8 Å². The summed E-state index contributed by atoms with van der Waals surface area (Å²) in [6.45, 7) is 3.86. The second kappa shape index (κ2) is 8.73. The van der Waals surface area contributed by atoms with Gasteiger partial charge < -0.3 is 20.1 Å². The Morgan fingerprint density at radius 2 is 1.92 bits per heavy atom. The van der Waals surface area contributed by atoms with Gasteiger partial charge in [-0.2, -0.15) is 0 Å². The van der Waals surface area contributed by atoms with E-state index in [1.807, 2.05) is 6.92 Å². The molecule has 1 aromatic carbocycles. The van der Waals surface area contributed by atoms with Gasteiger partial charge in [0, 0.05) is 12.6 Å². The maximum atomic E-state index is 12.5. The van der Waals surface area contributed by atoms with E-state index in [1.54, 1.807) is 31.2 Å². The number of rotatable bonds is 6. The molecule has 2 rings (SSSR count). The molecule has 1 aromatic heterocycles. The molecular formula is C16H18Cl2N4O3. The van der Waals surface area contributed by atoms with Crippen LogP contribution < -0.4 is 10.6 Å². The smallest absolute Gasteiger partial charge is 0.322 e. The van der Waals surface area contributed by atoms with Gasteiger partial charge in [-0.25, -0.2) is 4.79 Å². The van der Waals surface area contributed by atoms with E-state index < -0.39 is 6.03 Å². The Morgan fingerprint density at radius 1 is 1.24 bits per heavy atom. The Balaban J connectivity index is 2.03. The summed E-state index contributed by atoms with van der Waals surface area (Å²) in [4.78, 5) is 26.0. The predicted octanol–water partition coefficient (Wildman–Crippen LogP) is 4.17. The zero-order chi connectivity index (χ0) is 18.4. The fourth-order valence-corrected chi connectivity index (χ4v) is 2.60. The summed E-state index contributed by atoms with van der Waals surface area (Å²) in [7, 11) is 0. The molecule has 0 aliphatic carbocycles. The van der Waals surface area contributed by atoms with Crippen molar-refractivity contribution in [2.75, 3.05) is 23.7 Å². The average Bonchev–Trinajstić information content (AvgIpc) is 2.95. The number of carbonyl (C=O) groups excluding carboxylic acids is 2. The van der Waals surface area contributed by atoms with Crippen molar-refractivity contribution in [2.24, 2.45) is 0 Å². The number of hydrogen-bond acceptors (Lipinski definition) is 4. The van der Waals surface area contributed by atoms with Crippen LogP contribution in [0.1, 0.15) is 19.1 Å². The molecule has 0 spiro atoms. The van der Waals surface area contributed by atoms with Crippen LogP contribution >= 0.6 is 23.2 Å². The molecule has 0 fully saturated rings. The van der Waals surface area contributed by atoms with E-state index >= 15 is 0 Å². The highest BCUT2D eigenvalue weighted by molar-refractivity contribution is 6.39. The fourth-order valence-electron chi connectivity index (χ4n) is 2.11. The number of carbonyl (C=O) groups is 2. The monoisotopic (exact) mass is 384 g/mol. The summed E-state index contributed by atoms with van der Waals surface area (Å²) in [5.74, 6) is 0.488. The van der Waals surface area contributed by atoms with E-state index in [0.717, 1.165) is 0 Å². The van der Waals surface area contributed by atoms with E-state index in [-0.39, 0.29) is 12.5 Å². The topological polar surface area (TPSA) is 87.5 Å². The highest BCUT2D eigenvalue weighted by Gasteiger charge is 2.19. The molecule has 0 saturated carbocycles. The van der Waals surface area contributed by atoms with E-state index in [9.17, 15) is 9.59 Å². The van der Waals surface area contributed by atoms with Crippen molar-refractivity contribution in [3.63, 3.8) is 0 Å². The summed E-state index contributed by atoms with van der Waals surface area (Å²) in [5.41, 5.74) is 0.310. The SMILES string of the molecule is CCCN(CC(=O)Nc1cc(C)on1)C(=O)Nc1c(Cl)cccc1Cl. The van der Waals surface area contributed by atoms with E-state index in [4.69, 9.17) is 27.7 Å². The van der Waals surface area contributed by atoms with Crippen LogP contribution in [0.3, 0.4) is 0 Å². The van der Waals surface area contributed by atoms with Crippen LogP contribution in [-0.2, 0) is 4.79 Å². The van der Waals surface area contributed by atoms with Crippen molar-refractivity contribution >= 4 is 46.6 Å². The lowest BCUT2D eigenvalue weighted by molar-refractivity contribution is -0.116. The summed E-state index contributed by atoms with van der Waals surface area (Å²) in [6, 6.07) is 6.03. The quantitative estimate of drug-likeness (QED) is 0.781. The van der Waals surface area contributed by atoms with Crippen LogP contribution in [0, 0.1) is 6.92 Å². The van der Waals surface area contributed by atoms with Gasteiger partial charge in [0.05, 0.1) is 15.7 Å². The summed E-state index contributed by atoms with van der Waals surface area (Å²) < 4.78 is 4.88. The summed E-state index contributed by atoms with van der Waals surface area (Å²) in [6.07, 6.45) is 0.681. The Bertz CT molecular complexity index is 743. The largest absolute Gasteiger partial charge is 0.360 e. The van der Waals surface area contributed by atoms with Gasteiger partial charge in [0.2, 0.25) is 5.91 Å². The van der Waals surface area contributed by atoms with Crippen molar-refractivity contribution in [1.82, 2.24) is 10.1 Å². The maximum absolute atomic E-state index is 12.5. The zero-order valence-electron chi connectivity index (χ0n) is 13.8. The highest BCUT2D eigenvalue weighted by atomic mass is 35.5. The van der Waals surface area contributed by atoms with Gasteiger partial charge in [-0.05, 0) is 25.5 Å². The molecule has 2 N–H and O–H groups in total. The van der Waals surface area contributed by atoms with Crippen molar-refractivity contribution < 1.29 is 14.1 Å². The van der Waals surface area contributed by atoms with Gasteiger partial charge in [-0.3, -0.25) is 4.79 Å². The van der Waals surface area contributed by atoms with Crippen molar-refractivity contribution in [2.45, 2.75) is 20.3 Å². The summed E-state index contributed by atoms with van der Waals surface area (Å²) in [5, 5.41) is 9.54. The molecule has 0 saturated heterocycles. The third-order valence-electron chi connectivity index (χ3n) is 3.21. The van der Waals surface area contributed by atoms with Gasteiger partial charge in [-0.15, -0.1) is 0 Å². The lowest BCUT2D eigenvalue weighted by Gasteiger charge is -2.22. The van der Waals surface area contributed by atoms with Gasteiger partial charge >= 0.3 is 6.03 Å². The third kappa shape index (κ3) is 5.37. The normalized spacial score (nSPS) is 10.4. The minimum absolute atomic E-state index is 0.145. The Labute approximate surface area is 155 Å². The molecule has 2 aromatic rings. The number of para-hydroxylation sites is 1. The first-order chi connectivity index (χ1) is 11.9. The van der Waals surface area contributed by atoms with Crippen molar-refractivity contribution in [1.29, 1.82) is 0 Å². The number of benzene rings is 1. The molecule has 0 bridgehead atoms. The van der Waals surface area contributed by atoms with Gasteiger partial charge in [-0.1, -0.05) is 41.3 Å². The Morgan fingerprint density at radius 3 is 2.48 bits per heavy atom. The molecule has 25 heavy (non-hydrogen) atoms. The average molecular weight is 385 g/mol. The standard InChI is InChI=1S/C16H18Cl2N4O3/c1-3-7-22(9-14(23)19-13-8-10(2)25-21-13)16(24)20-15-11(17)5-4-6-12(15)18/h4-6,8H,3,7,9H2,1-2H3,(H,20,24)(H,19,21,23). The highest BCUT2D eigenvalue weighted by Crippen LogP contribution is 2.30. The number of aryl methyl sites for hydroxylation is 1. The maximum Gasteiger partial charge on any atom is 0.322 e. The van der Waals surface area contributed by atoms with Gasteiger partial charge in [0.1, 0.15) is 12.3 Å². The van der Waals surface area contributed by atoms with E-state index in [2.05, 4.69) is 15.8 Å². The number of urea groups is 1. The van der Waals surface area contributed by atoms with Gasteiger partial charge in [0.15, 0.2) is 5.82 Å². The number of hydrogen-bond donors (Lipinski definition) is 2. The first-order valence-corrected chi connectivity index (χ1v) is 8.39. The first-order valence-electron chi connectivity index (χ1n) is 7.63. The first kappa shape index (κ1) is 19.1. The van der Waals surface area contributed by atoms with Crippen molar-refractivity contribution in [3.05, 3.63) is 40.1 Å². The number of nitrogens with zero attached hydrogens (tertiary/aromatic N) is 2. The lowest BCUT2D eigenvalue weighted by atomic mass is 10.3. The lowest BCUT2D eigenvalue weighted by Crippen LogP contribution is -2.41. The Kier molecular flexibility index (Phi) is 6.66. The van der Waals surface area contributed by atoms with E-state index in [0.29, 0.717) is 40.3 Å². The molecule has 0 atom stereocenters. The molecular weight excluding hydrogens is 367 g/mol. The molecule has 0 aliphatic rings. The van der Waals surface area contributed by atoms with Crippen molar-refractivity contribution in [3.8, 4) is 0 Å². The second-order valence-electron chi connectivity index (χ2n) is 5.32. The van der Waals surface area contributed by atoms with Gasteiger partial charge in [0.25, 0.3) is 0 Å². The van der Waals surface area contributed by atoms with Crippen LogP contribution in [0.4, 0.5) is 16.3 Å². The molecule has 1 heterocycles. The number of nitrogens with one attached hydrogen (secondary N) is 2.